The molecule has 0 aromatic rings. The average molecular weight is 254 g/mol. The number of hydrogen-bond donors (Lipinski definition) is 1. The van der Waals surface area contributed by atoms with E-state index in [1.54, 1.807) is 0 Å². The maximum atomic E-state index is 6.16. The topological polar surface area (TPSA) is 29.3 Å². The van der Waals surface area contributed by atoms with E-state index in [-0.39, 0.29) is 0 Å². The third-order valence-electron chi connectivity index (χ3n) is 5.08. The van der Waals surface area contributed by atoms with Crippen LogP contribution in [0.1, 0.15) is 65.7 Å². The molecule has 0 aromatic carbocycles. The Kier molecular flexibility index (Phi) is 6.65. The zero-order valence-electron chi connectivity index (χ0n) is 13.0. The second-order valence-corrected chi connectivity index (χ2v) is 6.74. The lowest BCUT2D eigenvalue weighted by molar-refractivity contribution is 0.101. The summed E-state index contributed by atoms with van der Waals surface area (Å²) in [7, 11) is 2.29. The van der Waals surface area contributed by atoms with Gasteiger partial charge in [0.25, 0.3) is 0 Å². The van der Waals surface area contributed by atoms with Crippen LogP contribution in [0.15, 0.2) is 0 Å². The molecule has 1 fully saturated rings. The molecule has 0 saturated heterocycles. The van der Waals surface area contributed by atoms with Gasteiger partial charge in [-0.1, -0.05) is 40.0 Å². The second-order valence-electron chi connectivity index (χ2n) is 6.74. The van der Waals surface area contributed by atoms with Crippen LogP contribution in [0.4, 0.5) is 0 Å². The Morgan fingerprint density at radius 1 is 1.28 bits per heavy atom. The predicted octanol–water partition coefficient (Wildman–Crippen LogP) is 3.65. The number of hydrogen-bond acceptors (Lipinski definition) is 2. The monoisotopic (exact) mass is 254 g/mol. The van der Waals surface area contributed by atoms with E-state index in [2.05, 4.69) is 32.7 Å². The van der Waals surface area contributed by atoms with E-state index < -0.39 is 0 Å². The Hall–Kier alpha value is -0.0800. The molecule has 0 amide bonds. The fourth-order valence-corrected chi connectivity index (χ4v) is 3.30. The van der Waals surface area contributed by atoms with Gasteiger partial charge < -0.3 is 5.73 Å². The summed E-state index contributed by atoms with van der Waals surface area (Å²) in [5.41, 5.74) is 6.45. The van der Waals surface area contributed by atoms with Gasteiger partial charge in [-0.25, -0.2) is 0 Å². The Morgan fingerprint density at radius 3 is 2.56 bits per heavy atom. The summed E-state index contributed by atoms with van der Waals surface area (Å²) in [5.74, 6) is 1.73. The quantitative estimate of drug-likeness (QED) is 0.733. The van der Waals surface area contributed by atoms with Crippen molar-refractivity contribution in [2.45, 2.75) is 71.3 Å². The van der Waals surface area contributed by atoms with Crippen molar-refractivity contribution >= 4 is 0 Å². The first-order valence-electron chi connectivity index (χ1n) is 7.95. The molecular weight excluding hydrogens is 220 g/mol. The molecule has 1 aliphatic carbocycles. The van der Waals surface area contributed by atoms with Crippen LogP contribution in [0.3, 0.4) is 0 Å². The van der Waals surface area contributed by atoms with E-state index in [0.29, 0.717) is 5.54 Å². The van der Waals surface area contributed by atoms with Crippen molar-refractivity contribution in [1.29, 1.82) is 0 Å². The zero-order valence-corrected chi connectivity index (χ0v) is 13.0. The van der Waals surface area contributed by atoms with Crippen molar-refractivity contribution in [3.05, 3.63) is 0 Å². The number of nitrogens with two attached hydrogens (primary N) is 1. The molecule has 2 atom stereocenters. The van der Waals surface area contributed by atoms with Gasteiger partial charge in [0.05, 0.1) is 0 Å². The maximum Gasteiger partial charge on any atom is 0.0328 e. The summed E-state index contributed by atoms with van der Waals surface area (Å²) in [6, 6.07) is 0. The summed E-state index contributed by atoms with van der Waals surface area (Å²) >= 11 is 0. The smallest absolute Gasteiger partial charge is 0.0328 e. The van der Waals surface area contributed by atoms with Crippen LogP contribution in [-0.4, -0.2) is 30.6 Å². The number of likely N-dealkylation sites (N-methyl/N-ethyl adjacent to an activating group) is 1. The van der Waals surface area contributed by atoms with E-state index >= 15 is 0 Å². The highest BCUT2D eigenvalue weighted by atomic mass is 15.2. The van der Waals surface area contributed by atoms with E-state index in [0.717, 1.165) is 18.4 Å². The molecule has 108 valence electrons. The largest absolute Gasteiger partial charge is 0.329 e. The minimum absolute atomic E-state index is 0.290. The average Bonchev–Trinajstić information content (AvgIpc) is 2.58. The molecule has 1 rings (SSSR count). The fourth-order valence-electron chi connectivity index (χ4n) is 3.30. The standard InChI is InChI=1S/C16H34N2/c1-5-15-7-6-10-16(13-17,11-8-15)18(4)12-9-14(2)3/h14-15H,5-13,17H2,1-4H3. The highest BCUT2D eigenvalue weighted by Crippen LogP contribution is 2.35. The summed E-state index contributed by atoms with van der Waals surface area (Å²) in [6.07, 6.45) is 9.38. The molecule has 2 unspecified atom stereocenters. The van der Waals surface area contributed by atoms with Crippen LogP contribution in [0.2, 0.25) is 0 Å². The van der Waals surface area contributed by atoms with Gasteiger partial charge >= 0.3 is 0 Å². The Balaban J connectivity index is 2.60. The van der Waals surface area contributed by atoms with E-state index in [1.807, 2.05) is 0 Å². The van der Waals surface area contributed by atoms with Crippen LogP contribution < -0.4 is 5.73 Å². The lowest BCUT2D eigenvalue weighted by atomic mass is 9.87. The van der Waals surface area contributed by atoms with Crippen LogP contribution in [0.5, 0.6) is 0 Å². The van der Waals surface area contributed by atoms with E-state index in [9.17, 15) is 0 Å². The van der Waals surface area contributed by atoms with Gasteiger partial charge in [-0.2, -0.15) is 0 Å². The van der Waals surface area contributed by atoms with Gasteiger partial charge in [0, 0.05) is 12.1 Å². The first-order chi connectivity index (χ1) is 8.54. The Bertz CT molecular complexity index is 227. The van der Waals surface area contributed by atoms with Crippen molar-refractivity contribution in [3.63, 3.8) is 0 Å². The zero-order chi connectivity index (χ0) is 13.6. The molecule has 18 heavy (non-hydrogen) atoms. The van der Waals surface area contributed by atoms with Gasteiger partial charge in [0.15, 0.2) is 0 Å². The summed E-state index contributed by atoms with van der Waals surface area (Å²) in [4.78, 5) is 2.57. The molecule has 1 aliphatic rings. The van der Waals surface area contributed by atoms with Crippen LogP contribution >= 0.6 is 0 Å². The number of nitrogens with zero attached hydrogens (tertiary/aromatic N) is 1. The number of rotatable bonds is 6. The van der Waals surface area contributed by atoms with E-state index in [4.69, 9.17) is 5.73 Å². The molecule has 0 heterocycles. The minimum atomic E-state index is 0.290. The fraction of sp³-hybridized carbons (Fsp3) is 1.00. The van der Waals surface area contributed by atoms with Crippen molar-refractivity contribution in [2.24, 2.45) is 17.6 Å². The highest BCUT2D eigenvalue weighted by Gasteiger charge is 2.35. The van der Waals surface area contributed by atoms with Gasteiger partial charge in [0.2, 0.25) is 0 Å². The summed E-state index contributed by atoms with van der Waals surface area (Å²) < 4.78 is 0. The van der Waals surface area contributed by atoms with Crippen molar-refractivity contribution in [3.8, 4) is 0 Å². The molecule has 0 bridgehead atoms. The highest BCUT2D eigenvalue weighted by molar-refractivity contribution is 4.93. The minimum Gasteiger partial charge on any atom is -0.329 e. The predicted molar refractivity (Wildman–Crippen MR) is 80.7 cm³/mol. The first-order valence-corrected chi connectivity index (χ1v) is 7.95. The van der Waals surface area contributed by atoms with Gasteiger partial charge in [-0.15, -0.1) is 0 Å². The van der Waals surface area contributed by atoms with Gasteiger partial charge in [-0.3, -0.25) is 4.90 Å². The van der Waals surface area contributed by atoms with Crippen LogP contribution in [-0.2, 0) is 0 Å². The third-order valence-corrected chi connectivity index (χ3v) is 5.08. The maximum absolute atomic E-state index is 6.16. The molecule has 0 aliphatic heterocycles. The first kappa shape index (κ1) is 16.0. The molecule has 0 spiro atoms. The lowest BCUT2D eigenvalue weighted by Gasteiger charge is -2.41. The van der Waals surface area contributed by atoms with Crippen LogP contribution in [0, 0.1) is 11.8 Å². The summed E-state index contributed by atoms with van der Waals surface area (Å²) in [5, 5.41) is 0. The molecular formula is C16H34N2. The van der Waals surface area contributed by atoms with Crippen molar-refractivity contribution in [1.82, 2.24) is 4.90 Å². The van der Waals surface area contributed by atoms with Gasteiger partial charge in [0.1, 0.15) is 0 Å². The van der Waals surface area contributed by atoms with Crippen LogP contribution in [0.25, 0.3) is 0 Å². The van der Waals surface area contributed by atoms with Crippen molar-refractivity contribution < 1.29 is 0 Å². The molecule has 1 saturated carbocycles. The second kappa shape index (κ2) is 7.49. The molecule has 0 radical (unpaired) electrons. The Morgan fingerprint density at radius 2 is 2.00 bits per heavy atom. The normalized spacial score (nSPS) is 29.8. The lowest BCUT2D eigenvalue weighted by Crippen LogP contribution is -2.52. The Labute approximate surface area is 114 Å². The molecule has 2 N–H and O–H groups in total. The SMILES string of the molecule is CCC1CCCC(CN)(N(C)CCC(C)C)CC1. The summed E-state index contributed by atoms with van der Waals surface area (Å²) in [6.45, 7) is 8.98. The third kappa shape index (κ3) is 4.24. The van der Waals surface area contributed by atoms with Gasteiger partial charge in [-0.05, 0) is 51.1 Å². The van der Waals surface area contributed by atoms with Crippen molar-refractivity contribution in [2.75, 3.05) is 20.1 Å². The molecule has 2 heteroatoms. The molecule has 2 nitrogen and oxygen atoms in total. The molecule has 0 aromatic heterocycles. The van der Waals surface area contributed by atoms with E-state index in [1.165, 1.54) is 51.5 Å².